The monoisotopic (exact) mass is 263 g/mol. The van der Waals surface area contributed by atoms with Crippen molar-refractivity contribution < 1.29 is 19.6 Å². The third-order valence-corrected chi connectivity index (χ3v) is 3.40. The molecule has 0 unspecified atom stereocenters. The van der Waals surface area contributed by atoms with Gasteiger partial charge in [-0.1, -0.05) is 6.07 Å². The summed E-state index contributed by atoms with van der Waals surface area (Å²) in [5.74, 6) is 0.287. The lowest BCUT2D eigenvalue weighted by molar-refractivity contribution is 0.0724. The fourth-order valence-electron chi connectivity index (χ4n) is 2.34. The Balaban J connectivity index is 2.22. The number of amides is 1. The second kappa shape index (κ2) is 6.08. The minimum absolute atomic E-state index is 0.0306. The zero-order valence-corrected chi connectivity index (χ0v) is 11.0. The van der Waals surface area contributed by atoms with Crippen molar-refractivity contribution in [3.8, 4) is 5.75 Å². The largest absolute Gasteiger partial charge is 0.497 e. The molecule has 1 aliphatic rings. The van der Waals surface area contributed by atoms with E-state index in [1.165, 1.54) is 19.6 Å². The number of hydrogen-bond acceptors (Lipinski definition) is 4. The summed E-state index contributed by atoms with van der Waals surface area (Å²) in [5.41, 5.74) is 0.779. The van der Waals surface area contributed by atoms with E-state index in [1.54, 1.807) is 12.1 Å². The molecular weight excluding hydrogens is 245 g/mol. The molecule has 0 aromatic heterocycles. The van der Waals surface area contributed by atoms with Crippen LogP contribution in [0.4, 0.5) is 0 Å². The molecule has 1 aliphatic heterocycles. The van der Waals surface area contributed by atoms with Gasteiger partial charge < -0.3 is 19.7 Å². The molecule has 6 heteroatoms. The highest BCUT2D eigenvalue weighted by Gasteiger charge is 2.22. The van der Waals surface area contributed by atoms with Crippen molar-refractivity contribution in [1.29, 1.82) is 0 Å². The first-order valence-electron chi connectivity index (χ1n) is 6.47. The van der Waals surface area contributed by atoms with E-state index in [0.29, 0.717) is 11.3 Å². The number of ether oxygens (including phenoxy) is 1. The van der Waals surface area contributed by atoms with Gasteiger partial charge in [-0.15, -0.1) is 0 Å². The van der Waals surface area contributed by atoms with Crippen LogP contribution in [-0.4, -0.2) is 48.2 Å². The van der Waals surface area contributed by atoms with Crippen LogP contribution in [0.15, 0.2) is 18.2 Å². The van der Waals surface area contributed by atoms with Crippen LogP contribution in [0.5, 0.6) is 5.75 Å². The molecule has 1 amide bonds. The molecule has 1 heterocycles. The molecular formula is C13H18BNO4. The predicted molar refractivity (Wildman–Crippen MR) is 72.6 cm³/mol. The van der Waals surface area contributed by atoms with E-state index in [-0.39, 0.29) is 11.4 Å². The topological polar surface area (TPSA) is 70.0 Å². The van der Waals surface area contributed by atoms with Crippen molar-refractivity contribution >= 4 is 18.5 Å². The van der Waals surface area contributed by atoms with Crippen LogP contribution in [0, 0.1) is 0 Å². The Kier molecular flexibility index (Phi) is 4.45. The Hall–Kier alpha value is -1.53. The van der Waals surface area contributed by atoms with Crippen molar-refractivity contribution in [3.05, 3.63) is 23.8 Å². The fourth-order valence-corrected chi connectivity index (χ4v) is 2.34. The van der Waals surface area contributed by atoms with Gasteiger partial charge in [-0.05, 0) is 31.4 Å². The van der Waals surface area contributed by atoms with Crippen LogP contribution < -0.4 is 10.2 Å². The van der Waals surface area contributed by atoms with E-state index in [2.05, 4.69) is 0 Å². The second-order valence-electron chi connectivity index (χ2n) is 4.68. The first-order valence-corrected chi connectivity index (χ1v) is 6.47. The molecule has 102 valence electrons. The summed E-state index contributed by atoms with van der Waals surface area (Å²) in [5, 5.41) is 18.4. The van der Waals surface area contributed by atoms with Gasteiger partial charge in [0, 0.05) is 24.1 Å². The highest BCUT2D eigenvalue weighted by molar-refractivity contribution is 6.59. The number of nitrogens with zero attached hydrogens (tertiary/aromatic N) is 1. The van der Waals surface area contributed by atoms with Gasteiger partial charge in [0.05, 0.1) is 7.11 Å². The quantitative estimate of drug-likeness (QED) is 0.753. The van der Waals surface area contributed by atoms with Crippen LogP contribution in [-0.2, 0) is 0 Å². The van der Waals surface area contributed by atoms with Crippen molar-refractivity contribution in [3.63, 3.8) is 0 Å². The lowest BCUT2D eigenvalue weighted by Gasteiger charge is -2.27. The minimum atomic E-state index is -1.60. The van der Waals surface area contributed by atoms with Gasteiger partial charge in [0.15, 0.2) is 0 Å². The summed E-state index contributed by atoms with van der Waals surface area (Å²) in [6.45, 7) is 1.57. The molecule has 5 nitrogen and oxygen atoms in total. The van der Waals surface area contributed by atoms with Crippen LogP contribution in [0.3, 0.4) is 0 Å². The zero-order chi connectivity index (χ0) is 13.8. The van der Waals surface area contributed by atoms with Crippen LogP contribution in [0.25, 0.3) is 0 Å². The van der Waals surface area contributed by atoms with Crippen LogP contribution >= 0.6 is 0 Å². The van der Waals surface area contributed by atoms with E-state index in [1.807, 2.05) is 4.90 Å². The number of benzene rings is 1. The molecule has 1 aromatic carbocycles. The van der Waals surface area contributed by atoms with E-state index in [0.717, 1.165) is 25.9 Å². The molecule has 0 radical (unpaired) electrons. The molecule has 1 aromatic rings. The van der Waals surface area contributed by atoms with Crippen molar-refractivity contribution in [1.82, 2.24) is 4.90 Å². The first kappa shape index (κ1) is 13.9. The Morgan fingerprint density at radius 3 is 2.53 bits per heavy atom. The summed E-state index contributed by atoms with van der Waals surface area (Å²) in [6.07, 6.45) is 3.25. The third kappa shape index (κ3) is 3.08. The molecule has 0 saturated carbocycles. The number of piperidine rings is 1. The normalized spacial score (nSPS) is 15.2. The molecule has 0 aliphatic carbocycles. The third-order valence-electron chi connectivity index (χ3n) is 3.40. The minimum Gasteiger partial charge on any atom is -0.497 e. The van der Waals surface area contributed by atoms with Gasteiger partial charge in [0.1, 0.15) is 5.75 Å². The van der Waals surface area contributed by atoms with Gasteiger partial charge in [-0.3, -0.25) is 4.79 Å². The molecule has 19 heavy (non-hydrogen) atoms. The number of likely N-dealkylation sites (tertiary alicyclic amines) is 1. The maximum absolute atomic E-state index is 12.3. The fraction of sp³-hybridized carbons (Fsp3) is 0.462. The molecule has 2 N–H and O–H groups in total. The Morgan fingerprint density at radius 1 is 1.26 bits per heavy atom. The Morgan fingerprint density at radius 2 is 1.95 bits per heavy atom. The van der Waals surface area contributed by atoms with Crippen LogP contribution in [0.1, 0.15) is 29.6 Å². The number of carbonyl (C=O) groups excluding carboxylic acids is 1. The average Bonchev–Trinajstić information content (AvgIpc) is 2.46. The van der Waals surface area contributed by atoms with Crippen molar-refractivity contribution in [2.24, 2.45) is 0 Å². The Labute approximate surface area is 112 Å². The predicted octanol–water partition coefficient (Wildman–Crippen LogP) is 0.00110. The van der Waals surface area contributed by atoms with E-state index in [9.17, 15) is 14.8 Å². The van der Waals surface area contributed by atoms with Gasteiger partial charge in [0.2, 0.25) is 0 Å². The molecule has 0 spiro atoms. The second-order valence-corrected chi connectivity index (χ2v) is 4.68. The lowest BCUT2D eigenvalue weighted by Crippen LogP contribution is -2.36. The van der Waals surface area contributed by atoms with Gasteiger partial charge >= 0.3 is 7.12 Å². The molecule has 0 atom stereocenters. The summed E-state index contributed by atoms with van der Waals surface area (Å²) in [7, 11) is -0.162. The number of methoxy groups -OCH3 is 1. The van der Waals surface area contributed by atoms with E-state index in [4.69, 9.17) is 4.74 Å². The summed E-state index contributed by atoms with van der Waals surface area (Å²) in [6, 6.07) is 4.68. The number of hydrogen-bond donors (Lipinski definition) is 2. The smallest absolute Gasteiger partial charge is 0.492 e. The first-order chi connectivity index (χ1) is 9.13. The zero-order valence-electron chi connectivity index (χ0n) is 11.0. The Bertz CT molecular complexity index is 458. The van der Waals surface area contributed by atoms with E-state index < -0.39 is 7.12 Å². The number of rotatable bonds is 3. The standard InChI is InChI=1S/C13H18BNO4/c1-19-12-9-10(5-6-11(12)14(17)18)13(16)15-7-3-2-4-8-15/h5-6,9,17-18H,2-4,7-8H2,1H3. The molecule has 0 bridgehead atoms. The summed E-state index contributed by atoms with van der Waals surface area (Å²) in [4.78, 5) is 14.1. The van der Waals surface area contributed by atoms with Gasteiger partial charge in [0.25, 0.3) is 5.91 Å². The maximum Gasteiger partial charge on any atom is 0.492 e. The molecule has 1 fully saturated rings. The van der Waals surface area contributed by atoms with Crippen molar-refractivity contribution in [2.75, 3.05) is 20.2 Å². The van der Waals surface area contributed by atoms with Crippen LogP contribution in [0.2, 0.25) is 0 Å². The maximum atomic E-state index is 12.3. The molecule has 1 saturated heterocycles. The summed E-state index contributed by atoms with van der Waals surface area (Å²) >= 11 is 0. The van der Waals surface area contributed by atoms with E-state index >= 15 is 0 Å². The highest BCUT2D eigenvalue weighted by atomic mass is 16.5. The SMILES string of the molecule is COc1cc(C(=O)N2CCCCC2)ccc1B(O)O. The molecule has 2 rings (SSSR count). The average molecular weight is 263 g/mol. The van der Waals surface area contributed by atoms with Gasteiger partial charge in [-0.25, -0.2) is 0 Å². The number of carbonyl (C=O) groups is 1. The van der Waals surface area contributed by atoms with Crippen molar-refractivity contribution in [2.45, 2.75) is 19.3 Å². The van der Waals surface area contributed by atoms with Gasteiger partial charge in [-0.2, -0.15) is 0 Å². The summed E-state index contributed by atoms with van der Waals surface area (Å²) < 4.78 is 5.09. The lowest BCUT2D eigenvalue weighted by atomic mass is 9.79. The highest BCUT2D eigenvalue weighted by Crippen LogP contribution is 2.16.